The van der Waals surface area contributed by atoms with E-state index in [9.17, 15) is 0 Å². The van der Waals surface area contributed by atoms with Gasteiger partial charge in [-0.1, -0.05) is 78.0 Å². The van der Waals surface area contributed by atoms with Gasteiger partial charge in [0, 0.05) is 18.1 Å². The van der Waals surface area contributed by atoms with Crippen LogP contribution < -0.4 is 11.1 Å². The predicted molar refractivity (Wildman–Crippen MR) is 126 cm³/mol. The summed E-state index contributed by atoms with van der Waals surface area (Å²) in [6.07, 6.45) is 11.4. The minimum absolute atomic E-state index is 0.134. The molecule has 2 aliphatic carbocycles. The lowest BCUT2D eigenvalue weighted by Gasteiger charge is -2.41. The first-order chi connectivity index (χ1) is 13.4. The molecule has 29 heavy (non-hydrogen) atoms. The molecule has 0 aliphatic heterocycles. The van der Waals surface area contributed by atoms with Crippen molar-refractivity contribution in [1.29, 1.82) is 0 Å². The Morgan fingerprint density at radius 2 is 1.48 bits per heavy atom. The largest absolute Gasteiger partial charge is 0.324 e. The SMILES string of the molecule is Cc1c(C(C)(C)C)cc(C(C)NC2CC=CC3CC=CC(N)C32)cc1C(C)(C)C. The van der Waals surface area contributed by atoms with Crippen molar-refractivity contribution in [3.05, 3.63) is 58.7 Å². The first-order valence-corrected chi connectivity index (χ1v) is 11.4. The van der Waals surface area contributed by atoms with Gasteiger partial charge in [0.05, 0.1) is 0 Å². The summed E-state index contributed by atoms with van der Waals surface area (Å²) in [5.74, 6) is 1.06. The third-order valence-electron chi connectivity index (χ3n) is 6.95. The van der Waals surface area contributed by atoms with Crippen LogP contribution in [0.2, 0.25) is 0 Å². The maximum Gasteiger partial charge on any atom is 0.0294 e. The molecule has 2 heteroatoms. The van der Waals surface area contributed by atoms with Crippen molar-refractivity contribution in [1.82, 2.24) is 5.32 Å². The highest BCUT2D eigenvalue weighted by molar-refractivity contribution is 5.45. The molecular formula is C27H42N2. The van der Waals surface area contributed by atoms with Crippen LogP contribution in [0.4, 0.5) is 0 Å². The minimum atomic E-state index is 0.134. The highest BCUT2D eigenvalue weighted by Gasteiger charge is 2.36. The van der Waals surface area contributed by atoms with Crippen molar-refractivity contribution in [2.45, 2.75) is 97.2 Å². The average Bonchev–Trinajstić information content (AvgIpc) is 2.60. The minimum Gasteiger partial charge on any atom is -0.324 e. The highest BCUT2D eigenvalue weighted by atomic mass is 15.0. The molecule has 0 amide bonds. The molecule has 3 N–H and O–H groups in total. The van der Waals surface area contributed by atoms with Crippen LogP contribution >= 0.6 is 0 Å². The summed E-state index contributed by atoms with van der Waals surface area (Å²) in [7, 11) is 0. The smallest absolute Gasteiger partial charge is 0.0294 e. The molecule has 5 unspecified atom stereocenters. The predicted octanol–water partition coefficient (Wildman–Crippen LogP) is 6.09. The van der Waals surface area contributed by atoms with Crippen LogP contribution in [0.25, 0.3) is 0 Å². The number of rotatable bonds is 3. The quantitative estimate of drug-likeness (QED) is 0.609. The summed E-state index contributed by atoms with van der Waals surface area (Å²) in [6.45, 7) is 18.6. The Morgan fingerprint density at radius 3 is 2.03 bits per heavy atom. The standard InChI is InChI=1S/C27H42N2/c1-17-21(26(3,4)5)15-20(16-22(17)27(6,7)8)18(2)29-24-14-10-12-19-11-9-13-23(28)25(19)24/h9-10,12-13,15-16,18-19,23-25,29H,11,14,28H2,1-8H3. The van der Waals surface area contributed by atoms with E-state index in [1.165, 1.54) is 22.3 Å². The van der Waals surface area contributed by atoms with Crippen LogP contribution in [-0.4, -0.2) is 12.1 Å². The molecule has 0 saturated carbocycles. The molecule has 2 nitrogen and oxygen atoms in total. The van der Waals surface area contributed by atoms with Crippen LogP contribution in [0, 0.1) is 18.8 Å². The first-order valence-electron chi connectivity index (χ1n) is 11.4. The van der Waals surface area contributed by atoms with Gasteiger partial charge in [-0.2, -0.15) is 0 Å². The molecule has 0 radical (unpaired) electrons. The molecule has 0 bridgehead atoms. The number of allylic oxidation sites excluding steroid dienone is 2. The van der Waals surface area contributed by atoms with E-state index in [2.05, 4.69) is 97.1 Å². The molecule has 0 fully saturated rings. The lowest BCUT2D eigenvalue weighted by atomic mass is 9.71. The lowest BCUT2D eigenvalue weighted by Crippen LogP contribution is -2.50. The number of hydrogen-bond donors (Lipinski definition) is 2. The summed E-state index contributed by atoms with van der Waals surface area (Å²) in [4.78, 5) is 0. The Balaban J connectivity index is 1.93. The number of nitrogens with two attached hydrogens (primary N) is 1. The number of benzene rings is 1. The van der Waals surface area contributed by atoms with Gasteiger partial charge in [0.1, 0.15) is 0 Å². The second kappa shape index (κ2) is 8.04. The fourth-order valence-electron chi connectivity index (χ4n) is 5.44. The van der Waals surface area contributed by atoms with Gasteiger partial charge >= 0.3 is 0 Å². The van der Waals surface area contributed by atoms with E-state index in [0.717, 1.165) is 12.8 Å². The number of nitrogens with one attached hydrogen (secondary N) is 1. The third-order valence-corrected chi connectivity index (χ3v) is 6.95. The van der Waals surface area contributed by atoms with Crippen LogP contribution in [0.15, 0.2) is 36.4 Å². The zero-order valence-electron chi connectivity index (χ0n) is 19.8. The summed E-state index contributed by atoms with van der Waals surface area (Å²) >= 11 is 0. The van der Waals surface area contributed by atoms with Crippen molar-refractivity contribution in [2.24, 2.45) is 17.6 Å². The molecule has 160 valence electrons. The van der Waals surface area contributed by atoms with Crippen molar-refractivity contribution in [3.8, 4) is 0 Å². The van der Waals surface area contributed by atoms with Gasteiger partial charge in [-0.15, -0.1) is 0 Å². The van der Waals surface area contributed by atoms with Crippen molar-refractivity contribution >= 4 is 0 Å². The summed E-state index contributed by atoms with van der Waals surface area (Å²) < 4.78 is 0. The van der Waals surface area contributed by atoms with E-state index in [-0.39, 0.29) is 16.9 Å². The Hall–Kier alpha value is -1.38. The van der Waals surface area contributed by atoms with E-state index >= 15 is 0 Å². The van der Waals surface area contributed by atoms with E-state index in [0.29, 0.717) is 23.9 Å². The van der Waals surface area contributed by atoms with Crippen LogP contribution in [0.3, 0.4) is 0 Å². The molecule has 0 spiro atoms. The summed E-state index contributed by atoms with van der Waals surface area (Å²) in [6, 6.07) is 5.76. The maximum absolute atomic E-state index is 6.52. The molecule has 1 aromatic carbocycles. The third kappa shape index (κ3) is 4.70. The van der Waals surface area contributed by atoms with Gasteiger partial charge in [-0.05, 0) is 71.6 Å². The van der Waals surface area contributed by atoms with Crippen molar-refractivity contribution in [2.75, 3.05) is 0 Å². The van der Waals surface area contributed by atoms with Gasteiger partial charge in [-0.3, -0.25) is 0 Å². The molecule has 2 aliphatic rings. The zero-order valence-corrected chi connectivity index (χ0v) is 19.8. The highest BCUT2D eigenvalue weighted by Crippen LogP contribution is 2.38. The van der Waals surface area contributed by atoms with Gasteiger partial charge in [0.15, 0.2) is 0 Å². The fraction of sp³-hybridized carbons (Fsp3) is 0.630. The fourth-order valence-corrected chi connectivity index (χ4v) is 5.44. The normalized spacial score (nSPS) is 28.3. The number of fused-ring (bicyclic) bond motifs is 1. The Bertz CT molecular complexity index is 753. The van der Waals surface area contributed by atoms with E-state index in [4.69, 9.17) is 5.73 Å². The lowest BCUT2D eigenvalue weighted by molar-refractivity contribution is 0.228. The molecule has 0 saturated heterocycles. The Labute approximate surface area is 179 Å². The molecular weight excluding hydrogens is 352 g/mol. The second-order valence-electron chi connectivity index (χ2n) is 11.4. The van der Waals surface area contributed by atoms with E-state index in [1.54, 1.807) is 0 Å². The average molecular weight is 395 g/mol. The Kier molecular flexibility index (Phi) is 6.18. The molecule has 1 aromatic rings. The summed E-state index contributed by atoms with van der Waals surface area (Å²) in [5.41, 5.74) is 12.6. The van der Waals surface area contributed by atoms with Crippen LogP contribution in [0.1, 0.15) is 89.6 Å². The van der Waals surface area contributed by atoms with Gasteiger partial charge in [-0.25, -0.2) is 0 Å². The van der Waals surface area contributed by atoms with E-state index < -0.39 is 0 Å². The van der Waals surface area contributed by atoms with Crippen molar-refractivity contribution < 1.29 is 0 Å². The molecule has 0 aromatic heterocycles. The Morgan fingerprint density at radius 1 is 0.931 bits per heavy atom. The van der Waals surface area contributed by atoms with E-state index in [1.807, 2.05) is 0 Å². The maximum atomic E-state index is 6.52. The summed E-state index contributed by atoms with van der Waals surface area (Å²) in [5, 5.41) is 3.98. The topological polar surface area (TPSA) is 38.0 Å². The monoisotopic (exact) mass is 394 g/mol. The molecule has 3 rings (SSSR count). The van der Waals surface area contributed by atoms with Gasteiger partial charge in [0.2, 0.25) is 0 Å². The van der Waals surface area contributed by atoms with Gasteiger partial charge in [0.25, 0.3) is 0 Å². The second-order valence-corrected chi connectivity index (χ2v) is 11.4. The molecule has 5 atom stereocenters. The first kappa shape index (κ1) is 22.3. The molecule has 0 heterocycles. The van der Waals surface area contributed by atoms with Crippen LogP contribution in [-0.2, 0) is 10.8 Å². The van der Waals surface area contributed by atoms with Crippen LogP contribution in [0.5, 0.6) is 0 Å². The zero-order chi connectivity index (χ0) is 21.6. The number of hydrogen-bond acceptors (Lipinski definition) is 2. The van der Waals surface area contributed by atoms with Crippen molar-refractivity contribution in [3.63, 3.8) is 0 Å². The van der Waals surface area contributed by atoms with Gasteiger partial charge < -0.3 is 11.1 Å².